The van der Waals surface area contributed by atoms with E-state index in [0.717, 1.165) is 12.0 Å². The average Bonchev–Trinajstić information content (AvgIpc) is 2.44. The van der Waals surface area contributed by atoms with E-state index in [9.17, 15) is 9.59 Å². The van der Waals surface area contributed by atoms with Crippen LogP contribution in [0.3, 0.4) is 0 Å². The lowest BCUT2D eigenvalue weighted by atomic mass is 10.1. The van der Waals surface area contributed by atoms with Crippen molar-refractivity contribution >= 4 is 11.8 Å². The van der Waals surface area contributed by atoms with Crippen molar-refractivity contribution in [2.45, 2.75) is 38.8 Å². The van der Waals surface area contributed by atoms with Gasteiger partial charge in [-0.2, -0.15) is 0 Å². The van der Waals surface area contributed by atoms with Gasteiger partial charge in [0.15, 0.2) is 0 Å². The molecule has 0 aliphatic rings. The van der Waals surface area contributed by atoms with Crippen LogP contribution in [0.15, 0.2) is 30.3 Å². The van der Waals surface area contributed by atoms with Crippen molar-refractivity contribution < 1.29 is 9.59 Å². The van der Waals surface area contributed by atoms with Gasteiger partial charge in [-0.05, 0) is 12.0 Å². The number of amides is 2. The Morgan fingerprint density at radius 2 is 1.90 bits per heavy atom. The standard InChI is InChI=1S/C15H23N3O2/c1-2-6-13(16)15(20)18(10-9-14(17)19)11-12-7-4-3-5-8-12/h3-5,7-8,13H,2,6,9-11,16H2,1H3,(H2,17,19)/t13-/m0/s1. The summed E-state index contributed by atoms with van der Waals surface area (Å²) in [5.74, 6) is -0.545. The Balaban J connectivity index is 2.73. The smallest absolute Gasteiger partial charge is 0.239 e. The van der Waals surface area contributed by atoms with Crippen LogP contribution in [0.5, 0.6) is 0 Å². The largest absolute Gasteiger partial charge is 0.370 e. The van der Waals surface area contributed by atoms with Crippen molar-refractivity contribution in [2.75, 3.05) is 6.54 Å². The molecule has 0 aliphatic heterocycles. The van der Waals surface area contributed by atoms with E-state index in [2.05, 4.69) is 0 Å². The van der Waals surface area contributed by atoms with E-state index < -0.39 is 11.9 Å². The summed E-state index contributed by atoms with van der Waals surface area (Å²) < 4.78 is 0. The third-order valence-electron chi connectivity index (χ3n) is 3.07. The fraction of sp³-hybridized carbons (Fsp3) is 0.467. The van der Waals surface area contributed by atoms with Crippen LogP contribution in [0.1, 0.15) is 31.7 Å². The highest BCUT2D eigenvalue weighted by molar-refractivity contribution is 5.82. The van der Waals surface area contributed by atoms with Crippen LogP contribution >= 0.6 is 0 Å². The number of nitrogens with two attached hydrogens (primary N) is 2. The van der Waals surface area contributed by atoms with E-state index in [1.54, 1.807) is 4.90 Å². The van der Waals surface area contributed by atoms with Crippen LogP contribution in [0.25, 0.3) is 0 Å². The van der Waals surface area contributed by atoms with E-state index in [4.69, 9.17) is 11.5 Å². The van der Waals surface area contributed by atoms with Gasteiger partial charge in [0, 0.05) is 19.5 Å². The van der Waals surface area contributed by atoms with Gasteiger partial charge in [-0.25, -0.2) is 0 Å². The van der Waals surface area contributed by atoms with Crippen LogP contribution in [-0.2, 0) is 16.1 Å². The number of rotatable bonds is 8. The minimum atomic E-state index is -0.517. The zero-order valence-electron chi connectivity index (χ0n) is 11.9. The highest BCUT2D eigenvalue weighted by Gasteiger charge is 2.20. The fourth-order valence-electron chi connectivity index (χ4n) is 1.99. The van der Waals surface area contributed by atoms with Gasteiger partial charge in [-0.15, -0.1) is 0 Å². The Morgan fingerprint density at radius 3 is 2.45 bits per heavy atom. The molecule has 0 aliphatic carbocycles. The number of primary amides is 1. The van der Waals surface area contributed by atoms with Crippen LogP contribution in [-0.4, -0.2) is 29.3 Å². The normalized spacial score (nSPS) is 11.9. The zero-order chi connectivity index (χ0) is 15.0. The molecule has 2 amide bonds. The Morgan fingerprint density at radius 1 is 1.25 bits per heavy atom. The predicted octanol–water partition coefficient (Wildman–Crippen LogP) is 1.02. The summed E-state index contributed by atoms with van der Waals surface area (Å²) in [6.45, 7) is 2.74. The molecule has 1 rings (SSSR count). The summed E-state index contributed by atoms with van der Waals surface area (Å²) in [5.41, 5.74) is 12.1. The number of benzene rings is 1. The highest BCUT2D eigenvalue weighted by atomic mass is 16.2. The molecule has 4 N–H and O–H groups in total. The molecule has 0 bridgehead atoms. The Kier molecular flexibility index (Phi) is 6.73. The first-order valence-corrected chi connectivity index (χ1v) is 6.91. The lowest BCUT2D eigenvalue weighted by Crippen LogP contribution is -2.44. The number of carbonyl (C=O) groups excluding carboxylic acids is 2. The van der Waals surface area contributed by atoms with E-state index in [1.165, 1.54) is 0 Å². The van der Waals surface area contributed by atoms with Gasteiger partial charge in [-0.1, -0.05) is 43.7 Å². The first-order chi connectivity index (χ1) is 9.54. The Labute approximate surface area is 119 Å². The molecule has 5 nitrogen and oxygen atoms in total. The van der Waals surface area contributed by atoms with Gasteiger partial charge in [-0.3, -0.25) is 9.59 Å². The summed E-state index contributed by atoms with van der Waals surface area (Å²) in [6.07, 6.45) is 1.64. The third-order valence-corrected chi connectivity index (χ3v) is 3.07. The lowest BCUT2D eigenvalue weighted by molar-refractivity contribution is -0.133. The minimum absolute atomic E-state index is 0.128. The summed E-state index contributed by atoms with van der Waals surface area (Å²) in [4.78, 5) is 24.8. The second kappa shape index (κ2) is 8.32. The van der Waals surface area contributed by atoms with Gasteiger partial charge in [0.25, 0.3) is 0 Å². The quantitative estimate of drug-likeness (QED) is 0.743. The fourth-order valence-corrected chi connectivity index (χ4v) is 1.99. The second-order valence-electron chi connectivity index (χ2n) is 4.86. The summed E-state index contributed by atoms with van der Waals surface area (Å²) in [7, 11) is 0. The van der Waals surface area contributed by atoms with Gasteiger partial charge in [0.1, 0.15) is 0 Å². The third kappa shape index (κ3) is 5.40. The van der Waals surface area contributed by atoms with E-state index in [0.29, 0.717) is 19.5 Å². The minimum Gasteiger partial charge on any atom is -0.370 e. The van der Waals surface area contributed by atoms with Crippen molar-refractivity contribution in [1.29, 1.82) is 0 Å². The van der Waals surface area contributed by atoms with E-state index in [-0.39, 0.29) is 12.3 Å². The molecule has 1 aromatic rings. The van der Waals surface area contributed by atoms with Crippen molar-refractivity contribution in [3.05, 3.63) is 35.9 Å². The molecule has 5 heteroatoms. The van der Waals surface area contributed by atoms with Gasteiger partial charge in [0.2, 0.25) is 11.8 Å². The maximum Gasteiger partial charge on any atom is 0.239 e. The van der Waals surface area contributed by atoms with Gasteiger partial charge in [0.05, 0.1) is 6.04 Å². The maximum atomic E-state index is 12.3. The molecular weight excluding hydrogens is 254 g/mol. The number of nitrogens with zero attached hydrogens (tertiary/aromatic N) is 1. The molecule has 0 heterocycles. The first kappa shape index (κ1) is 16.2. The number of carbonyl (C=O) groups is 2. The molecule has 1 aromatic carbocycles. The Hall–Kier alpha value is -1.88. The van der Waals surface area contributed by atoms with Gasteiger partial charge >= 0.3 is 0 Å². The number of hydrogen-bond acceptors (Lipinski definition) is 3. The molecule has 0 saturated heterocycles. The zero-order valence-corrected chi connectivity index (χ0v) is 11.9. The lowest BCUT2D eigenvalue weighted by Gasteiger charge is -2.25. The second-order valence-corrected chi connectivity index (χ2v) is 4.86. The van der Waals surface area contributed by atoms with Crippen LogP contribution < -0.4 is 11.5 Å². The summed E-state index contributed by atoms with van der Waals surface area (Å²) >= 11 is 0. The molecule has 110 valence electrons. The SMILES string of the molecule is CCC[C@H](N)C(=O)N(CCC(N)=O)Cc1ccccc1. The van der Waals surface area contributed by atoms with Crippen LogP contribution in [0, 0.1) is 0 Å². The Bertz CT molecular complexity index is 434. The van der Waals surface area contributed by atoms with Crippen molar-refractivity contribution in [2.24, 2.45) is 11.5 Å². The molecule has 1 atom stereocenters. The monoisotopic (exact) mass is 277 g/mol. The number of hydrogen-bond donors (Lipinski definition) is 2. The van der Waals surface area contributed by atoms with Crippen LogP contribution in [0.2, 0.25) is 0 Å². The summed E-state index contributed by atoms with van der Waals surface area (Å²) in [6, 6.07) is 9.11. The van der Waals surface area contributed by atoms with E-state index >= 15 is 0 Å². The molecule has 0 spiro atoms. The molecular formula is C15H23N3O2. The maximum absolute atomic E-state index is 12.3. The average molecular weight is 277 g/mol. The van der Waals surface area contributed by atoms with Gasteiger partial charge < -0.3 is 16.4 Å². The molecule has 0 fully saturated rings. The van der Waals surface area contributed by atoms with Crippen molar-refractivity contribution in [1.82, 2.24) is 4.90 Å². The molecule has 0 aromatic heterocycles. The topological polar surface area (TPSA) is 89.4 Å². The van der Waals surface area contributed by atoms with Crippen molar-refractivity contribution in [3.63, 3.8) is 0 Å². The summed E-state index contributed by atoms with van der Waals surface area (Å²) in [5, 5.41) is 0. The predicted molar refractivity (Wildman–Crippen MR) is 78.6 cm³/mol. The first-order valence-electron chi connectivity index (χ1n) is 6.91. The van der Waals surface area contributed by atoms with Crippen molar-refractivity contribution in [3.8, 4) is 0 Å². The highest BCUT2D eigenvalue weighted by Crippen LogP contribution is 2.08. The molecule has 0 radical (unpaired) electrons. The molecule has 0 saturated carbocycles. The molecule has 20 heavy (non-hydrogen) atoms. The van der Waals surface area contributed by atoms with E-state index in [1.807, 2.05) is 37.3 Å². The van der Waals surface area contributed by atoms with Crippen LogP contribution in [0.4, 0.5) is 0 Å². The molecule has 0 unspecified atom stereocenters.